The minimum absolute atomic E-state index is 0.141. The second-order valence-electron chi connectivity index (χ2n) is 6.12. The van der Waals surface area contributed by atoms with E-state index in [0.29, 0.717) is 17.3 Å². The fourth-order valence-corrected chi connectivity index (χ4v) is 3.03. The van der Waals surface area contributed by atoms with Crippen molar-refractivity contribution in [1.82, 2.24) is 15.2 Å². The maximum absolute atomic E-state index is 12.2. The van der Waals surface area contributed by atoms with Crippen LogP contribution in [-0.2, 0) is 0 Å². The van der Waals surface area contributed by atoms with Crippen LogP contribution in [0.15, 0.2) is 24.4 Å². The lowest BCUT2D eigenvalue weighted by Crippen LogP contribution is -2.37. The van der Waals surface area contributed by atoms with E-state index in [1.165, 1.54) is 0 Å². The van der Waals surface area contributed by atoms with Crippen LogP contribution in [0.5, 0.6) is 0 Å². The van der Waals surface area contributed by atoms with Gasteiger partial charge in [0, 0.05) is 30.4 Å². The monoisotopic (exact) mass is 313 g/mol. The SMILES string of the molecule is CNC(=O)c1cnc2ccc(N)cc2c1NC1CCN(C)CC1. The molecule has 0 bridgehead atoms. The van der Waals surface area contributed by atoms with E-state index in [0.717, 1.165) is 42.5 Å². The molecule has 2 aromatic rings. The zero-order valence-electron chi connectivity index (χ0n) is 13.6. The average molecular weight is 313 g/mol. The lowest BCUT2D eigenvalue weighted by atomic mass is 10.0. The molecule has 6 heteroatoms. The smallest absolute Gasteiger partial charge is 0.254 e. The Bertz CT molecular complexity index is 722. The van der Waals surface area contributed by atoms with Gasteiger partial charge in [-0.15, -0.1) is 0 Å². The number of nitrogens with one attached hydrogen (secondary N) is 2. The van der Waals surface area contributed by atoms with E-state index in [2.05, 4.69) is 27.6 Å². The maximum atomic E-state index is 12.2. The molecule has 1 saturated heterocycles. The highest BCUT2D eigenvalue weighted by Gasteiger charge is 2.21. The molecule has 0 radical (unpaired) electrons. The molecule has 1 aromatic heterocycles. The summed E-state index contributed by atoms with van der Waals surface area (Å²) in [6.07, 6.45) is 3.74. The average Bonchev–Trinajstić information content (AvgIpc) is 2.56. The molecule has 1 amide bonds. The fraction of sp³-hybridized carbons (Fsp3) is 0.412. The molecule has 0 unspecified atom stereocenters. The lowest BCUT2D eigenvalue weighted by molar-refractivity contribution is 0.0963. The summed E-state index contributed by atoms with van der Waals surface area (Å²) < 4.78 is 0. The standard InChI is InChI=1S/C17H23N5O/c1-19-17(23)14-10-20-15-4-3-11(18)9-13(15)16(14)21-12-5-7-22(2)8-6-12/h3-4,9-10,12H,5-8,18H2,1-2H3,(H,19,23)(H,20,21). The topological polar surface area (TPSA) is 83.3 Å². The number of carbonyl (C=O) groups excluding carboxylic acids is 1. The Morgan fingerprint density at radius 3 is 2.78 bits per heavy atom. The Morgan fingerprint density at radius 2 is 2.09 bits per heavy atom. The second-order valence-corrected chi connectivity index (χ2v) is 6.12. The van der Waals surface area contributed by atoms with Crippen molar-refractivity contribution in [1.29, 1.82) is 0 Å². The lowest BCUT2D eigenvalue weighted by Gasteiger charge is -2.31. The third-order valence-corrected chi connectivity index (χ3v) is 4.43. The molecule has 4 N–H and O–H groups in total. The maximum Gasteiger partial charge on any atom is 0.254 e. The number of fused-ring (bicyclic) bond motifs is 1. The Morgan fingerprint density at radius 1 is 1.35 bits per heavy atom. The number of nitrogen functional groups attached to an aromatic ring is 1. The van der Waals surface area contributed by atoms with Gasteiger partial charge in [0.25, 0.3) is 5.91 Å². The molecule has 1 fully saturated rings. The zero-order valence-corrected chi connectivity index (χ0v) is 13.6. The van der Waals surface area contributed by atoms with Gasteiger partial charge in [-0.2, -0.15) is 0 Å². The summed E-state index contributed by atoms with van der Waals surface area (Å²) in [7, 11) is 3.76. The number of rotatable bonds is 3. The van der Waals surface area contributed by atoms with Crippen LogP contribution in [0.1, 0.15) is 23.2 Å². The van der Waals surface area contributed by atoms with Crippen LogP contribution in [0.25, 0.3) is 10.9 Å². The molecule has 0 atom stereocenters. The van der Waals surface area contributed by atoms with E-state index in [-0.39, 0.29) is 5.91 Å². The first kappa shape index (κ1) is 15.6. The molecule has 23 heavy (non-hydrogen) atoms. The first-order chi connectivity index (χ1) is 11.1. The van der Waals surface area contributed by atoms with E-state index in [1.807, 2.05) is 18.2 Å². The summed E-state index contributed by atoms with van der Waals surface area (Å²) in [5, 5.41) is 7.15. The highest BCUT2D eigenvalue weighted by Crippen LogP contribution is 2.29. The Balaban J connectivity index is 2.03. The summed E-state index contributed by atoms with van der Waals surface area (Å²) in [6, 6.07) is 5.94. The minimum Gasteiger partial charge on any atom is -0.399 e. The second kappa shape index (κ2) is 6.42. The fourth-order valence-electron chi connectivity index (χ4n) is 3.03. The Kier molecular flexibility index (Phi) is 4.34. The van der Waals surface area contributed by atoms with E-state index in [4.69, 9.17) is 5.73 Å². The summed E-state index contributed by atoms with van der Waals surface area (Å²) >= 11 is 0. The van der Waals surface area contributed by atoms with Gasteiger partial charge in [0.1, 0.15) is 0 Å². The molecular weight excluding hydrogens is 290 g/mol. The molecule has 0 saturated carbocycles. The number of amides is 1. The molecule has 0 spiro atoms. The summed E-state index contributed by atoms with van der Waals surface area (Å²) in [5.41, 5.74) is 8.83. The number of pyridine rings is 1. The normalized spacial score (nSPS) is 16.4. The zero-order chi connectivity index (χ0) is 16.4. The third-order valence-electron chi connectivity index (χ3n) is 4.43. The van der Waals surface area contributed by atoms with Gasteiger partial charge >= 0.3 is 0 Å². The number of carbonyl (C=O) groups is 1. The number of piperidine rings is 1. The quantitative estimate of drug-likeness (QED) is 0.751. The van der Waals surface area contributed by atoms with Crippen LogP contribution in [0, 0.1) is 0 Å². The van der Waals surface area contributed by atoms with Gasteiger partial charge in [-0.25, -0.2) is 0 Å². The van der Waals surface area contributed by atoms with Gasteiger partial charge in [-0.05, 0) is 51.2 Å². The highest BCUT2D eigenvalue weighted by molar-refractivity contribution is 6.07. The third kappa shape index (κ3) is 3.22. The van der Waals surface area contributed by atoms with Gasteiger partial charge in [0.15, 0.2) is 0 Å². The van der Waals surface area contributed by atoms with Gasteiger partial charge < -0.3 is 21.3 Å². The Hall–Kier alpha value is -2.34. The van der Waals surface area contributed by atoms with E-state index >= 15 is 0 Å². The van der Waals surface area contributed by atoms with Crippen LogP contribution < -0.4 is 16.4 Å². The van der Waals surface area contributed by atoms with Gasteiger partial charge in [-0.1, -0.05) is 0 Å². The predicted molar refractivity (Wildman–Crippen MR) is 93.7 cm³/mol. The number of hydrogen-bond donors (Lipinski definition) is 3. The minimum atomic E-state index is -0.141. The van der Waals surface area contributed by atoms with Gasteiger partial charge in [-0.3, -0.25) is 9.78 Å². The molecule has 1 aliphatic rings. The molecule has 0 aliphatic carbocycles. The van der Waals surface area contributed by atoms with Crippen LogP contribution in [-0.4, -0.2) is 49.0 Å². The number of anilines is 2. The number of likely N-dealkylation sites (tertiary alicyclic amines) is 1. The first-order valence-corrected chi connectivity index (χ1v) is 7.94. The Labute approximate surface area is 136 Å². The number of benzene rings is 1. The molecule has 1 aliphatic heterocycles. The first-order valence-electron chi connectivity index (χ1n) is 7.94. The largest absolute Gasteiger partial charge is 0.399 e. The summed E-state index contributed by atoms with van der Waals surface area (Å²) in [4.78, 5) is 18.9. The summed E-state index contributed by atoms with van der Waals surface area (Å²) in [5.74, 6) is -0.141. The van der Waals surface area contributed by atoms with Crippen molar-refractivity contribution < 1.29 is 4.79 Å². The van der Waals surface area contributed by atoms with Crippen LogP contribution in [0.4, 0.5) is 11.4 Å². The highest BCUT2D eigenvalue weighted by atomic mass is 16.1. The molecular formula is C17H23N5O. The van der Waals surface area contributed by atoms with Crippen LogP contribution >= 0.6 is 0 Å². The van der Waals surface area contributed by atoms with E-state index < -0.39 is 0 Å². The molecule has 122 valence electrons. The summed E-state index contributed by atoms with van der Waals surface area (Å²) in [6.45, 7) is 2.11. The number of nitrogens with zero attached hydrogens (tertiary/aromatic N) is 2. The predicted octanol–water partition coefficient (Wildman–Crippen LogP) is 1.68. The van der Waals surface area contributed by atoms with Gasteiger partial charge in [0.2, 0.25) is 0 Å². The van der Waals surface area contributed by atoms with E-state index in [1.54, 1.807) is 13.2 Å². The van der Waals surface area contributed by atoms with Crippen molar-refractivity contribution in [2.75, 3.05) is 38.2 Å². The van der Waals surface area contributed by atoms with Crippen LogP contribution in [0.3, 0.4) is 0 Å². The molecule has 6 nitrogen and oxygen atoms in total. The molecule has 2 heterocycles. The van der Waals surface area contributed by atoms with Crippen LogP contribution in [0.2, 0.25) is 0 Å². The van der Waals surface area contributed by atoms with Crippen molar-refractivity contribution in [2.45, 2.75) is 18.9 Å². The van der Waals surface area contributed by atoms with Crippen molar-refractivity contribution in [3.05, 3.63) is 30.0 Å². The van der Waals surface area contributed by atoms with Crippen molar-refractivity contribution in [2.24, 2.45) is 0 Å². The molecule has 1 aromatic carbocycles. The van der Waals surface area contributed by atoms with Crippen molar-refractivity contribution in [3.8, 4) is 0 Å². The number of aromatic nitrogens is 1. The van der Waals surface area contributed by atoms with E-state index in [9.17, 15) is 4.79 Å². The molecule has 3 rings (SSSR count). The van der Waals surface area contributed by atoms with Crippen molar-refractivity contribution in [3.63, 3.8) is 0 Å². The van der Waals surface area contributed by atoms with Crippen molar-refractivity contribution >= 4 is 28.2 Å². The van der Waals surface area contributed by atoms with Gasteiger partial charge in [0.05, 0.1) is 16.8 Å². The number of hydrogen-bond acceptors (Lipinski definition) is 5. The number of nitrogens with two attached hydrogens (primary N) is 1.